The van der Waals surface area contributed by atoms with Gasteiger partial charge in [0, 0.05) is 6.54 Å². The van der Waals surface area contributed by atoms with Crippen LogP contribution in [0.5, 0.6) is 0 Å². The van der Waals surface area contributed by atoms with Crippen molar-refractivity contribution in [1.29, 1.82) is 0 Å². The summed E-state index contributed by atoms with van der Waals surface area (Å²) >= 11 is 0. The molecule has 20 heavy (non-hydrogen) atoms. The lowest BCUT2D eigenvalue weighted by Gasteiger charge is -2.30. The van der Waals surface area contributed by atoms with Gasteiger partial charge in [-0.05, 0) is 18.3 Å². The van der Waals surface area contributed by atoms with Gasteiger partial charge in [0.25, 0.3) is 0 Å². The molecule has 3 atom stereocenters. The van der Waals surface area contributed by atoms with Gasteiger partial charge >= 0.3 is 6.09 Å². The first-order chi connectivity index (χ1) is 9.29. The molecule has 1 rings (SSSR count). The lowest BCUT2D eigenvalue weighted by atomic mass is 9.96. The Labute approximate surface area is 118 Å². The summed E-state index contributed by atoms with van der Waals surface area (Å²) in [5.74, 6) is -1.05. The number of amides is 3. The maximum absolute atomic E-state index is 12.5. The molecule has 1 aliphatic heterocycles. The van der Waals surface area contributed by atoms with Gasteiger partial charge in [0.2, 0.25) is 11.8 Å². The van der Waals surface area contributed by atoms with Crippen molar-refractivity contribution in [3.63, 3.8) is 0 Å². The predicted molar refractivity (Wildman–Crippen MR) is 72.9 cm³/mol. The van der Waals surface area contributed by atoms with Gasteiger partial charge in [-0.25, -0.2) is 4.79 Å². The second-order valence-corrected chi connectivity index (χ2v) is 5.51. The number of primary amides is 1. The summed E-state index contributed by atoms with van der Waals surface area (Å²) in [6, 6.07) is -1.49. The van der Waals surface area contributed by atoms with Crippen molar-refractivity contribution < 1.29 is 19.5 Å². The molecule has 114 valence electrons. The number of carbonyl (C=O) groups is 3. The summed E-state index contributed by atoms with van der Waals surface area (Å²) in [5.41, 5.74) is 5.40. The van der Waals surface area contributed by atoms with E-state index < -0.39 is 24.1 Å². The molecule has 4 N–H and O–H groups in total. The highest BCUT2D eigenvalue weighted by molar-refractivity contribution is 5.91. The van der Waals surface area contributed by atoms with E-state index in [1.54, 1.807) is 13.8 Å². The van der Waals surface area contributed by atoms with E-state index in [2.05, 4.69) is 5.32 Å². The van der Waals surface area contributed by atoms with Crippen molar-refractivity contribution in [2.24, 2.45) is 17.6 Å². The number of nitrogens with two attached hydrogens (primary N) is 1. The van der Waals surface area contributed by atoms with Gasteiger partial charge in [-0.3, -0.25) is 9.59 Å². The minimum absolute atomic E-state index is 0.0501. The van der Waals surface area contributed by atoms with Gasteiger partial charge in [-0.15, -0.1) is 0 Å². The number of hydrogen-bond acceptors (Lipinski definition) is 3. The molecule has 0 aromatic rings. The molecule has 7 heteroatoms. The Morgan fingerprint density at radius 3 is 2.40 bits per heavy atom. The van der Waals surface area contributed by atoms with Crippen molar-refractivity contribution >= 4 is 17.9 Å². The largest absolute Gasteiger partial charge is 0.465 e. The summed E-state index contributed by atoms with van der Waals surface area (Å²) in [5, 5.41) is 11.0. The van der Waals surface area contributed by atoms with Gasteiger partial charge < -0.3 is 21.1 Å². The third kappa shape index (κ3) is 3.40. The van der Waals surface area contributed by atoms with Crippen LogP contribution in [0, 0.1) is 11.8 Å². The van der Waals surface area contributed by atoms with E-state index in [4.69, 9.17) is 10.8 Å². The number of rotatable bonds is 5. The number of nitrogens with zero attached hydrogens (tertiary/aromatic N) is 1. The van der Waals surface area contributed by atoms with Crippen LogP contribution >= 0.6 is 0 Å². The summed E-state index contributed by atoms with van der Waals surface area (Å²) < 4.78 is 0. The van der Waals surface area contributed by atoms with E-state index in [1.165, 1.54) is 4.90 Å². The molecule has 1 heterocycles. The van der Waals surface area contributed by atoms with Crippen LogP contribution in [-0.2, 0) is 9.59 Å². The van der Waals surface area contributed by atoms with E-state index >= 15 is 0 Å². The predicted octanol–water partition coefficient (Wildman–Crippen LogP) is 0.391. The smallest absolute Gasteiger partial charge is 0.405 e. The molecule has 0 unspecified atom stereocenters. The minimum atomic E-state index is -1.25. The molecule has 0 saturated carbocycles. The number of hydrogen-bond donors (Lipinski definition) is 3. The van der Waals surface area contributed by atoms with Crippen LogP contribution in [-0.4, -0.2) is 46.5 Å². The van der Waals surface area contributed by atoms with Crippen LogP contribution in [0.25, 0.3) is 0 Å². The fraction of sp³-hybridized carbons (Fsp3) is 0.769. The van der Waals surface area contributed by atoms with Crippen molar-refractivity contribution in [3.8, 4) is 0 Å². The van der Waals surface area contributed by atoms with E-state index in [0.29, 0.717) is 13.0 Å². The maximum Gasteiger partial charge on any atom is 0.405 e. The number of likely N-dealkylation sites (tertiary alicyclic amines) is 1. The first-order valence-corrected chi connectivity index (χ1v) is 6.88. The Morgan fingerprint density at radius 1 is 1.40 bits per heavy atom. The topological polar surface area (TPSA) is 113 Å². The molecule has 7 nitrogen and oxygen atoms in total. The molecule has 0 spiro atoms. The van der Waals surface area contributed by atoms with Crippen LogP contribution in [0.4, 0.5) is 4.79 Å². The lowest BCUT2D eigenvalue weighted by Crippen LogP contribution is -2.55. The Bertz CT molecular complexity index is 397. The Balaban J connectivity index is 2.93. The molecule has 3 amide bonds. The standard InChI is InChI=1S/C13H23N3O4/c1-4-8-5-6-16(10(8)11(14)17)12(18)9(7(2)3)15-13(19)20/h7-10,15H,4-6H2,1-3H3,(H2,14,17)(H,19,20)/t8-,9+,10+/m1/s1. The van der Waals surface area contributed by atoms with Gasteiger partial charge in [0.1, 0.15) is 12.1 Å². The number of carboxylic acid groups (broad SMARTS) is 1. The van der Waals surface area contributed by atoms with Crippen molar-refractivity contribution in [2.45, 2.75) is 45.7 Å². The molecule has 1 saturated heterocycles. The second-order valence-electron chi connectivity index (χ2n) is 5.51. The van der Waals surface area contributed by atoms with Gasteiger partial charge in [-0.2, -0.15) is 0 Å². The molecule has 0 aromatic carbocycles. The van der Waals surface area contributed by atoms with Crippen molar-refractivity contribution in [3.05, 3.63) is 0 Å². The molecule has 0 bridgehead atoms. The molecule has 1 aliphatic rings. The highest BCUT2D eigenvalue weighted by atomic mass is 16.4. The quantitative estimate of drug-likeness (QED) is 0.678. The van der Waals surface area contributed by atoms with Crippen LogP contribution in [0.2, 0.25) is 0 Å². The SMILES string of the molecule is CC[C@@H]1CCN(C(=O)[C@@H](NC(=O)O)C(C)C)[C@@H]1C(N)=O. The third-order valence-electron chi connectivity index (χ3n) is 3.83. The molecule has 0 aromatic heterocycles. The van der Waals surface area contributed by atoms with Gasteiger partial charge in [0.15, 0.2) is 0 Å². The Hall–Kier alpha value is -1.79. The maximum atomic E-state index is 12.5. The normalized spacial score (nSPS) is 23.7. The fourth-order valence-corrected chi connectivity index (χ4v) is 2.74. The zero-order valence-corrected chi connectivity index (χ0v) is 12.1. The average molecular weight is 285 g/mol. The molecule has 0 radical (unpaired) electrons. The highest BCUT2D eigenvalue weighted by Crippen LogP contribution is 2.28. The fourth-order valence-electron chi connectivity index (χ4n) is 2.74. The third-order valence-corrected chi connectivity index (χ3v) is 3.83. The average Bonchev–Trinajstić information content (AvgIpc) is 2.78. The van der Waals surface area contributed by atoms with Crippen LogP contribution in [0.1, 0.15) is 33.6 Å². The van der Waals surface area contributed by atoms with Gasteiger partial charge in [-0.1, -0.05) is 27.2 Å². The zero-order chi connectivity index (χ0) is 15.4. The summed E-state index contributed by atoms with van der Waals surface area (Å²) in [4.78, 5) is 36.3. The first-order valence-electron chi connectivity index (χ1n) is 6.88. The molecule has 0 aliphatic carbocycles. The molecular weight excluding hydrogens is 262 g/mol. The summed E-state index contributed by atoms with van der Waals surface area (Å²) in [6.07, 6.45) is 0.225. The minimum Gasteiger partial charge on any atom is -0.465 e. The number of carbonyl (C=O) groups excluding carboxylic acids is 2. The first kappa shape index (κ1) is 16.3. The van der Waals surface area contributed by atoms with Gasteiger partial charge in [0.05, 0.1) is 0 Å². The summed E-state index contributed by atoms with van der Waals surface area (Å²) in [7, 11) is 0. The van der Waals surface area contributed by atoms with E-state index in [1.807, 2.05) is 6.92 Å². The van der Waals surface area contributed by atoms with E-state index in [0.717, 1.165) is 6.42 Å². The molecular formula is C13H23N3O4. The number of nitrogens with one attached hydrogen (secondary N) is 1. The Morgan fingerprint density at radius 2 is 2.00 bits per heavy atom. The Kier molecular flexibility index (Phi) is 5.35. The van der Waals surface area contributed by atoms with E-state index in [-0.39, 0.29) is 17.7 Å². The van der Waals surface area contributed by atoms with Crippen molar-refractivity contribution in [1.82, 2.24) is 10.2 Å². The van der Waals surface area contributed by atoms with E-state index in [9.17, 15) is 14.4 Å². The monoisotopic (exact) mass is 285 g/mol. The lowest BCUT2D eigenvalue weighted by molar-refractivity contribution is -0.140. The zero-order valence-electron chi connectivity index (χ0n) is 12.1. The highest BCUT2D eigenvalue weighted by Gasteiger charge is 2.42. The molecule has 1 fully saturated rings. The second kappa shape index (κ2) is 6.58. The van der Waals surface area contributed by atoms with Crippen LogP contribution in [0.3, 0.4) is 0 Å². The van der Waals surface area contributed by atoms with Crippen molar-refractivity contribution in [2.75, 3.05) is 6.54 Å². The summed E-state index contributed by atoms with van der Waals surface area (Å²) in [6.45, 7) is 5.90. The van der Waals surface area contributed by atoms with Crippen LogP contribution in [0.15, 0.2) is 0 Å². The van der Waals surface area contributed by atoms with Crippen LogP contribution < -0.4 is 11.1 Å².